The zero-order valence-electron chi connectivity index (χ0n) is 18.1. The molecule has 2 N–H and O–H groups in total. The largest absolute Gasteiger partial charge is 0.416 e. The molecule has 176 valence electrons. The summed E-state index contributed by atoms with van der Waals surface area (Å²) in [7, 11) is 0. The number of amides is 3. The van der Waals surface area contributed by atoms with Gasteiger partial charge in [-0.15, -0.1) is 0 Å². The lowest BCUT2D eigenvalue weighted by Crippen LogP contribution is -2.35. The molecule has 1 heterocycles. The van der Waals surface area contributed by atoms with Crippen LogP contribution in [0.1, 0.15) is 55.5 Å². The van der Waals surface area contributed by atoms with Crippen LogP contribution in [-0.2, 0) is 17.5 Å². The van der Waals surface area contributed by atoms with E-state index in [0.717, 1.165) is 12.1 Å². The molecule has 0 saturated heterocycles. The summed E-state index contributed by atoms with van der Waals surface area (Å²) < 4.78 is 53.9. The van der Waals surface area contributed by atoms with Crippen molar-refractivity contribution in [1.82, 2.24) is 10.6 Å². The summed E-state index contributed by atoms with van der Waals surface area (Å²) in [5, 5.41) is 5.25. The molecule has 0 aromatic heterocycles. The molecule has 0 saturated carbocycles. The van der Waals surface area contributed by atoms with Crippen molar-refractivity contribution in [2.75, 3.05) is 0 Å². The second-order valence-corrected chi connectivity index (χ2v) is 9.12. The Morgan fingerprint density at radius 2 is 1.79 bits per heavy atom. The number of hydrogen-bond donors (Lipinski definition) is 2. The van der Waals surface area contributed by atoms with Crippen molar-refractivity contribution in [3.05, 3.63) is 69.5 Å². The molecule has 0 aliphatic carbocycles. The van der Waals surface area contributed by atoms with Crippen molar-refractivity contribution in [3.63, 3.8) is 0 Å². The normalized spacial score (nSPS) is 16.8. The SMILES string of the molecule is CC(C)(C)C(=O)NCc1ccc(Cl)c(C2=NC(=O)NC(c3ccc(C(F)(F)F)cc3)C2)c1F. The van der Waals surface area contributed by atoms with E-state index in [4.69, 9.17) is 11.6 Å². The van der Waals surface area contributed by atoms with Gasteiger partial charge >= 0.3 is 12.2 Å². The van der Waals surface area contributed by atoms with Gasteiger partial charge in [0.05, 0.1) is 27.9 Å². The van der Waals surface area contributed by atoms with Crippen LogP contribution in [-0.4, -0.2) is 17.6 Å². The van der Waals surface area contributed by atoms with E-state index in [1.54, 1.807) is 20.8 Å². The number of carbonyl (C=O) groups is 2. The second kappa shape index (κ2) is 9.13. The van der Waals surface area contributed by atoms with E-state index >= 15 is 4.39 Å². The van der Waals surface area contributed by atoms with Crippen molar-refractivity contribution in [1.29, 1.82) is 0 Å². The van der Waals surface area contributed by atoms with Crippen LogP contribution < -0.4 is 10.6 Å². The van der Waals surface area contributed by atoms with E-state index in [2.05, 4.69) is 15.6 Å². The molecule has 3 amide bonds. The van der Waals surface area contributed by atoms with E-state index in [1.165, 1.54) is 24.3 Å². The molecule has 0 bridgehead atoms. The predicted octanol–water partition coefficient (Wildman–Crippen LogP) is 5.80. The van der Waals surface area contributed by atoms with Gasteiger partial charge < -0.3 is 10.6 Å². The first-order chi connectivity index (χ1) is 15.3. The number of carbonyl (C=O) groups excluding carboxylic acids is 2. The molecular weight excluding hydrogens is 462 g/mol. The number of halogens is 5. The number of aliphatic imine (C=N–C) groups is 1. The predicted molar refractivity (Wildman–Crippen MR) is 117 cm³/mol. The number of hydrogen-bond acceptors (Lipinski definition) is 2. The van der Waals surface area contributed by atoms with Gasteiger partial charge in [0.15, 0.2) is 0 Å². The molecular formula is C23H22ClF4N3O2. The number of urea groups is 1. The summed E-state index contributed by atoms with van der Waals surface area (Å²) in [5.41, 5.74) is -0.922. The van der Waals surface area contributed by atoms with Crippen LogP contribution in [0.3, 0.4) is 0 Å². The third-order valence-electron chi connectivity index (χ3n) is 5.15. The first-order valence-electron chi connectivity index (χ1n) is 10.1. The number of nitrogens with one attached hydrogen (secondary N) is 2. The molecule has 0 fully saturated rings. The Balaban J connectivity index is 1.88. The van der Waals surface area contributed by atoms with Gasteiger partial charge in [-0.25, -0.2) is 9.18 Å². The molecule has 3 rings (SSSR count). The van der Waals surface area contributed by atoms with Crippen LogP contribution in [0, 0.1) is 11.2 Å². The Kier molecular flexibility index (Phi) is 6.83. The molecule has 10 heteroatoms. The first-order valence-corrected chi connectivity index (χ1v) is 10.5. The fourth-order valence-corrected chi connectivity index (χ4v) is 3.55. The number of nitrogens with zero attached hydrogens (tertiary/aromatic N) is 1. The van der Waals surface area contributed by atoms with Gasteiger partial charge in [-0.1, -0.05) is 50.6 Å². The Bertz CT molecular complexity index is 1110. The lowest BCUT2D eigenvalue weighted by molar-refractivity contribution is -0.137. The van der Waals surface area contributed by atoms with Crippen molar-refractivity contribution in [3.8, 4) is 0 Å². The smallest absolute Gasteiger partial charge is 0.351 e. The summed E-state index contributed by atoms with van der Waals surface area (Å²) in [5.74, 6) is -0.994. The minimum atomic E-state index is -4.49. The summed E-state index contributed by atoms with van der Waals surface area (Å²) in [4.78, 5) is 28.2. The fraction of sp³-hybridized carbons (Fsp3) is 0.348. The molecule has 1 atom stereocenters. The highest BCUT2D eigenvalue weighted by Gasteiger charge is 2.32. The molecule has 2 aromatic carbocycles. The summed E-state index contributed by atoms with van der Waals surface area (Å²) in [6.07, 6.45) is -4.47. The summed E-state index contributed by atoms with van der Waals surface area (Å²) in [6.45, 7) is 5.09. The zero-order valence-corrected chi connectivity index (χ0v) is 18.9. The minimum Gasteiger partial charge on any atom is -0.351 e. The second-order valence-electron chi connectivity index (χ2n) is 8.71. The first kappa shape index (κ1) is 24.7. The highest BCUT2D eigenvalue weighted by atomic mass is 35.5. The van der Waals surface area contributed by atoms with Crippen LogP contribution >= 0.6 is 11.6 Å². The monoisotopic (exact) mass is 483 g/mol. The Labute approximate surface area is 193 Å². The third-order valence-corrected chi connectivity index (χ3v) is 5.47. The average Bonchev–Trinajstić information content (AvgIpc) is 2.71. The van der Waals surface area contributed by atoms with Crippen LogP contribution in [0.15, 0.2) is 41.4 Å². The number of rotatable bonds is 4. The third kappa shape index (κ3) is 5.71. The summed E-state index contributed by atoms with van der Waals surface area (Å²) >= 11 is 6.22. The van der Waals surface area contributed by atoms with Gasteiger partial charge in [0, 0.05) is 23.9 Å². The summed E-state index contributed by atoms with van der Waals surface area (Å²) in [6, 6.07) is 5.75. The van der Waals surface area contributed by atoms with Crippen LogP contribution in [0.25, 0.3) is 0 Å². The van der Waals surface area contributed by atoms with Crippen molar-refractivity contribution in [2.24, 2.45) is 10.4 Å². The van der Waals surface area contributed by atoms with Crippen LogP contribution in [0.4, 0.5) is 22.4 Å². The lowest BCUT2D eigenvalue weighted by Gasteiger charge is -2.25. The molecule has 5 nitrogen and oxygen atoms in total. The van der Waals surface area contributed by atoms with E-state index in [0.29, 0.717) is 5.56 Å². The average molecular weight is 484 g/mol. The lowest BCUT2D eigenvalue weighted by atomic mass is 9.93. The highest BCUT2D eigenvalue weighted by Crippen LogP contribution is 2.33. The molecule has 1 unspecified atom stereocenters. The van der Waals surface area contributed by atoms with Gasteiger partial charge in [0.1, 0.15) is 5.82 Å². The van der Waals surface area contributed by atoms with Crippen LogP contribution in [0.2, 0.25) is 5.02 Å². The maximum atomic E-state index is 15.3. The topological polar surface area (TPSA) is 70.6 Å². The number of alkyl halides is 3. The van der Waals surface area contributed by atoms with Gasteiger partial charge in [-0.05, 0) is 23.8 Å². The van der Waals surface area contributed by atoms with E-state index < -0.39 is 35.0 Å². The van der Waals surface area contributed by atoms with Gasteiger partial charge in [0.2, 0.25) is 5.91 Å². The van der Waals surface area contributed by atoms with Crippen molar-refractivity contribution < 1.29 is 27.2 Å². The van der Waals surface area contributed by atoms with Crippen molar-refractivity contribution >= 4 is 29.3 Å². The van der Waals surface area contributed by atoms with Gasteiger partial charge in [0.25, 0.3) is 0 Å². The Morgan fingerprint density at radius 3 is 2.36 bits per heavy atom. The molecule has 33 heavy (non-hydrogen) atoms. The maximum absolute atomic E-state index is 15.3. The fourth-order valence-electron chi connectivity index (χ4n) is 3.29. The Hall–Kier alpha value is -2.94. The standard InChI is InChI=1S/C23H22ClF4N3O2/c1-22(2,3)20(32)29-11-13-6-9-15(24)18(19(13)25)17-10-16(30-21(33)31-17)12-4-7-14(8-5-12)23(26,27)28/h4-9,16H,10-11H2,1-3H3,(H,29,32)(H,30,33). The zero-order chi connectivity index (χ0) is 24.6. The van der Waals surface area contributed by atoms with Crippen molar-refractivity contribution in [2.45, 2.75) is 46.0 Å². The molecule has 2 aromatic rings. The molecule has 0 spiro atoms. The van der Waals surface area contributed by atoms with E-state index in [9.17, 15) is 22.8 Å². The molecule has 1 aliphatic heterocycles. The van der Waals surface area contributed by atoms with Crippen LogP contribution in [0.5, 0.6) is 0 Å². The minimum absolute atomic E-state index is 0.0194. The van der Waals surface area contributed by atoms with Gasteiger partial charge in [-0.2, -0.15) is 18.2 Å². The molecule has 1 aliphatic rings. The van der Waals surface area contributed by atoms with E-state index in [-0.39, 0.29) is 40.7 Å². The quantitative estimate of drug-likeness (QED) is 0.539. The van der Waals surface area contributed by atoms with E-state index in [1.807, 2.05) is 0 Å². The highest BCUT2D eigenvalue weighted by molar-refractivity contribution is 6.34. The number of benzene rings is 2. The van der Waals surface area contributed by atoms with Gasteiger partial charge in [-0.3, -0.25) is 4.79 Å². The molecule has 0 radical (unpaired) electrons. The maximum Gasteiger partial charge on any atom is 0.416 e. The Morgan fingerprint density at radius 1 is 1.15 bits per heavy atom.